The molecule has 0 unspecified atom stereocenters. The number of nitrogens with one attached hydrogen (secondary N) is 1. The van der Waals surface area contributed by atoms with Crippen molar-refractivity contribution in [1.82, 2.24) is 8.80 Å². The fraction of sp³-hybridized carbons (Fsp3) is 0.100. The minimum atomic E-state index is -3.56. The topological polar surface area (TPSA) is 49.4 Å². The summed E-state index contributed by atoms with van der Waals surface area (Å²) in [5.41, 5.74) is 0. The van der Waals surface area contributed by atoms with Crippen molar-refractivity contribution in [3.05, 3.63) is 91.0 Å². The molecule has 0 spiro atoms. The molecule has 0 amide bonds. The van der Waals surface area contributed by atoms with Gasteiger partial charge in [0, 0.05) is 6.54 Å². The van der Waals surface area contributed by atoms with E-state index in [1.807, 2.05) is 91.0 Å². The summed E-state index contributed by atoms with van der Waals surface area (Å²) in [4.78, 5) is 0. The molecule has 0 bridgehead atoms. The van der Waals surface area contributed by atoms with E-state index in [1.165, 1.54) is 0 Å². The van der Waals surface area contributed by atoms with E-state index in [-0.39, 0.29) is 0 Å². The van der Waals surface area contributed by atoms with Gasteiger partial charge in [0.25, 0.3) is 0 Å². The van der Waals surface area contributed by atoms with Crippen molar-refractivity contribution in [3.8, 4) is 0 Å². The molecule has 1 fully saturated rings. The third-order valence-electron chi connectivity index (χ3n) is 4.59. The molecule has 0 radical (unpaired) electrons. The van der Waals surface area contributed by atoms with E-state index in [2.05, 4.69) is 4.72 Å². The number of hydrogen-bond acceptors (Lipinski definition) is 2. The minimum Gasteiger partial charge on any atom is -0.198 e. The first-order chi connectivity index (χ1) is 12.7. The van der Waals surface area contributed by atoms with Crippen LogP contribution in [0.5, 0.6) is 0 Å². The Balaban J connectivity index is 2.11. The molecule has 1 aliphatic heterocycles. The van der Waals surface area contributed by atoms with E-state index < -0.39 is 17.6 Å². The molecule has 1 heterocycles. The van der Waals surface area contributed by atoms with Crippen molar-refractivity contribution in [3.63, 3.8) is 0 Å². The Morgan fingerprint density at radius 3 is 1.38 bits per heavy atom. The maximum absolute atomic E-state index is 13.0. The van der Waals surface area contributed by atoms with E-state index in [9.17, 15) is 8.42 Å². The SMILES string of the molecule is O=S1(=O)NCCN1[P+](c1ccccc1)(c1ccccc1)c1ccccc1. The first-order valence-corrected chi connectivity index (χ1v) is 11.7. The van der Waals surface area contributed by atoms with E-state index in [0.717, 1.165) is 15.9 Å². The summed E-state index contributed by atoms with van der Waals surface area (Å²) in [5.74, 6) is 0. The zero-order chi connectivity index (χ0) is 18.0. The standard InChI is InChI=1S/C20H20N2O2PS/c23-26(24)21-16-17-22(26)25(18-10-4-1-5-11-18,19-12-6-2-7-13-19)20-14-8-3-9-15-20/h1-15,21H,16-17H2/q+1. The summed E-state index contributed by atoms with van der Waals surface area (Å²) in [7, 11) is -6.10. The predicted octanol–water partition coefficient (Wildman–Crippen LogP) is 2.05. The summed E-state index contributed by atoms with van der Waals surface area (Å²) >= 11 is 0. The van der Waals surface area contributed by atoms with E-state index in [4.69, 9.17) is 0 Å². The highest BCUT2D eigenvalue weighted by molar-refractivity contribution is 8.05. The normalized spacial score (nSPS) is 17.2. The highest BCUT2D eigenvalue weighted by Gasteiger charge is 2.58. The van der Waals surface area contributed by atoms with Crippen molar-refractivity contribution in [2.24, 2.45) is 0 Å². The summed E-state index contributed by atoms with van der Waals surface area (Å²) in [6.07, 6.45) is 0. The Hall–Kier alpha value is -2.04. The predicted molar refractivity (Wildman–Crippen MR) is 109 cm³/mol. The van der Waals surface area contributed by atoms with Gasteiger partial charge in [0.05, 0.1) is 6.54 Å². The molecule has 3 aromatic rings. The average Bonchev–Trinajstić information content (AvgIpc) is 3.05. The van der Waals surface area contributed by atoms with Crippen LogP contribution in [0, 0.1) is 0 Å². The van der Waals surface area contributed by atoms with Gasteiger partial charge in [-0.1, -0.05) is 54.6 Å². The Morgan fingerprint density at radius 2 is 1.08 bits per heavy atom. The lowest BCUT2D eigenvalue weighted by Gasteiger charge is -2.32. The summed E-state index contributed by atoms with van der Waals surface area (Å²) in [6.45, 7) is 0.880. The highest BCUT2D eigenvalue weighted by atomic mass is 32.2. The van der Waals surface area contributed by atoms with Crippen molar-refractivity contribution < 1.29 is 8.42 Å². The molecule has 1 saturated heterocycles. The third kappa shape index (κ3) is 2.78. The Bertz CT molecular complexity index is 883. The monoisotopic (exact) mass is 383 g/mol. The summed E-state index contributed by atoms with van der Waals surface area (Å²) in [6, 6.07) is 30.0. The largest absolute Gasteiger partial charge is 0.310 e. The molecular formula is C20H20N2O2PS+. The van der Waals surface area contributed by atoms with Crippen LogP contribution in [0.2, 0.25) is 0 Å². The maximum Gasteiger partial charge on any atom is 0.310 e. The lowest BCUT2D eigenvalue weighted by Crippen LogP contribution is -2.45. The second-order valence-electron chi connectivity index (χ2n) is 6.09. The fourth-order valence-corrected chi connectivity index (χ4v) is 10.6. The van der Waals surface area contributed by atoms with Crippen LogP contribution in [0.4, 0.5) is 0 Å². The molecule has 1 aliphatic rings. The fourth-order valence-electron chi connectivity index (χ4n) is 3.54. The summed E-state index contributed by atoms with van der Waals surface area (Å²) < 4.78 is 30.3. The smallest absolute Gasteiger partial charge is 0.198 e. The molecule has 4 rings (SSSR count). The third-order valence-corrected chi connectivity index (χ3v) is 11.3. The molecule has 6 heteroatoms. The van der Waals surface area contributed by atoms with Gasteiger partial charge in [0.2, 0.25) is 0 Å². The first-order valence-electron chi connectivity index (χ1n) is 8.49. The zero-order valence-corrected chi connectivity index (χ0v) is 15.9. The van der Waals surface area contributed by atoms with Gasteiger partial charge >= 0.3 is 10.2 Å². The van der Waals surface area contributed by atoms with Gasteiger partial charge in [-0.2, -0.15) is 13.1 Å². The molecule has 26 heavy (non-hydrogen) atoms. The molecule has 3 aromatic carbocycles. The van der Waals surface area contributed by atoms with Crippen LogP contribution in [0.25, 0.3) is 0 Å². The minimum absolute atomic E-state index is 0.427. The maximum atomic E-state index is 13.0. The zero-order valence-electron chi connectivity index (χ0n) is 14.2. The van der Waals surface area contributed by atoms with E-state index in [0.29, 0.717) is 13.1 Å². The second-order valence-corrected chi connectivity index (χ2v) is 11.3. The Morgan fingerprint density at radius 1 is 0.692 bits per heavy atom. The van der Waals surface area contributed by atoms with Crippen molar-refractivity contribution in [2.45, 2.75) is 0 Å². The lowest BCUT2D eigenvalue weighted by molar-refractivity contribution is 0.562. The first kappa shape index (κ1) is 17.4. The number of rotatable bonds is 4. The van der Waals surface area contributed by atoms with Gasteiger partial charge in [-0.3, -0.25) is 0 Å². The van der Waals surface area contributed by atoms with Crippen LogP contribution >= 0.6 is 7.41 Å². The molecule has 0 aliphatic carbocycles. The van der Waals surface area contributed by atoms with Gasteiger partial charge < -0.3 is 0 Å². The van der Waals surface area contributed by atoms with Crippen LogP contribution in [-0.4, -0.2) is 25.6 Å². The van der Waals surface area contributed by atoms with Gasteiger partial charge in [0.1, 0.15) is 15.9 Å². The van der Waals surface area contributed by atoms with Crippen LogP contribution in [0.15, 0.2) is 91.0 Å². The molecule has 0 atom stereocenters. The van der Waals surface area contributed by atoms with Gasteiger partial charge in [-0.25, -0.2) is 0 Å². The van der Waals surface area contributed by atoms with Gasteiger partial charge in [-0.05, 0) is 40.5 Å². The second kappa shape index (κ2) is 6.93. The van der Waals surface area contributed by atoms with Crippen molar-refractivity contribution in [1.29, 1.82) is 0 Å². The van der Waals surface area contributed by atoms with Crippen LogP contribution < -0.4 is 20.6 Å². The van der Waals surface area contributed by atoms with Crippen LogP contribution in [0.1, 0.15) is 0 Å². The van der Waals surface area contributed by atoms with E-state index in [1.54, 1.807) is 4.08 Å². The molecular weight excluding hydrogens is 363 g/mol. The van der Waals surface area contributed by atoms with E-state index >= 15 is 0 Å². The molecule has 0 saturated carbocycles. The average molecular weight is 383 g/mol. The van der Waals surface area contributed by atoms with Gasteiger partial charge in [-0.15, -0.1) is 0 Å². The number of nitrogens with zero attached hydrogens (tertiary/aromatic N) is 1. The van der Waals surface area contributed by atoms with Crippen LogP contribution in [0.3, 0.4) is 0 Å². The Labute approximate surface area is 155 Å². The molecule has 4 nitrogen and oxygen atoms in total. The molecule has 0 aromatic heterocycles. The highest BCUT2D eigenvalue weighted by Crippen LogP contribution is 2.60. The molecule has 1 N–H and O–H groups in total. The number of hydrogen-bond donors (Lipinski definition) is 1. The molecule has 132 valence electrons. The van der Waals surface area contributed by atoms with Gasteiger partial charge in [0.15, 0.2) is 7.41 Å². The number of benzene rings is 3. The Kier molecular flexibility index (Phi) is 4.63. The quantitative estimate of drug-likeness (QED) is 0.701. The van der Waals surface area contributed by atoms with Crippen LogP contribution in [-0.2, 0) is 10.2 Å². The van der Waals surface area contributed by atoms with Crippen molar-refractivity contribution in [2.75, 3.05) is 13.1 Å². The van der Waals surface area contributed by atoms with Crippen molar-refractivity contribution >= 4 is 33.5 Å². The lowest BCUT2D eigenvalue weighted by atomic mass is 10.4. The summed E-state index contributed by atoms with van der Waals surface area (Å²) in [5, 5.41) is 3.10.